The highest BCUT2D eigenvalue weighted by molar-refractivity contribution is 7.98. The first-order valence-corrected chi connectivity index (χ1v) is 22.3. The number of hydrogen-bond acceptors (Lipinski definition) is 18. The monoisotopic (exact) mass is 912 g/mol. The molecule has 0 unspecified atom stereocenters. The maximum Gasteiger partial charge on any atom is 0.227 e. The molecule has 0 aliphatic carbocycles. The molecule has 4 aromatic heterocycles. The van der Waals surface area contributed by atoms with E-state index in [2.05, 4.69) is 29.9 Å². The van der Waals surface area contributed by atoms with Crippen LogP contribution in [0.5, 0.6) is 93.0 Å². The van der Waals surface area contributed by atoms with Gasteiger partial charge in [0.1, 0.15) is 52.3 Å². The van der Waals surface area contributed by atoms with E-state index in [0.717, 1.165) is 5.56 Å². The summed E-state index contributed by atoms with van der Waals surface area (Å²) < 4.78 is 49.8. The zero-order valence-electron chi connectivity index (χ0n) is 34.7. The number of aromatic nitrogens is 8. The van der Waals surface area contributed by atoms with Gasteiger partial charge in [0.2, 0.25) is 47.0 Å². The van der Waals surface area contributed by atoms with Crippen LogP contribution in [0.1, 0.15) is 0 Å². The van der Waals surface area contributed by atoms with Crippen molar-refractivity contribution >= 4 is 23.5 Å². The maximum atomic E-state index is 6.33. The second-order valence-corrected chi connectivity index (χ2v) is 15.3. The molecule has 324 valence electrons. The molecule has 5 heterocycles. The quantitative estimate of drug-likeness (QED) is 0.121. The summed E-state index contributed by atoms with van der Waals surface area (Å²) >= 11 is 2.67. The van der Waals surface area contributed by atoms with E-state index in [9.17, 15) is 0 Å². The highest BCUT2D eigenvalue weighted by Crippen LogP contribution is 2.37. The number of benzene rings is 5. The summed E-state index contributed by atoms with van der Waals surface area (Å²) in [4.78, 5) is 36.2. The van der Waals surface area contributed by atoms with Crippen LogP contribution in [0.25, 0.3) is 11.4 Å². The molecule has 0 amide bonds. The van der Waals surface area contributed by atoms with Crippen LogP contribution < -0.4 is 37.9 Å². The van der Waals surface area contributed by atoms with Crippen molar-refractivity contribution in [3.8, 4) is 104 Å². The largest absolute Gasteiger partial charge is 0.439 e. The number of fused-ring (bicyclic) bond motifs is 16. The summed E-state index contributed by atoms with van der Waals surface area (Å²) in [6.07, 6.45) is 5.05. The lowest BCUT2D eigenvalue weighted by Crippen LogP contribution is -1.98. The summed E-state index contributed by atoms with van der Waals surface area (Å²) in [5.74, 6) is 5.74. The van der Waals surface area contributed by atoms with Gasteiger partial charge in [-0.1, -0.05) is 78.1 Å². The molecule has 0 N–H and O–H groups in total. The Morgan fingerprint density at radius 3 is 0.909 bits per heavy atom. The van der Waals surface area contributed by atoms with Crippen molar-refractivity contribution < 1.29 is 37.9 Å². The first kappa shape index (κ1) is 41.5. The van der Waals surface area contributed by atoms with Crippen molar-refractivity contribution in [2.45, 2.75) is 10.3 Å². The Labute approximate surface area is 385 Å². The fourth-order valence-corrected chi connectivity index (χ4v) is 6.91. The van der Waals surface area contributed by atoms with Gasteiger partial charge in [-0.05, 0) is 61.0 Å². The molecule has 0 saturated carbocycles. The van der Waals surface area contributed by atoms with E-state index in [1.807, 2.05) is 42.8 Å². The van der Waals surface area contributed by atoms with Gasteiger partial charge in [-0.2, -0.15) is 29.9 Å². The molecule has 9 aromatic rings. The second kappa shape index (κ2) is 19.1. The number of thioether (sulfide) groups is 2. The standard InChI is InChI=1S/C48H32N8O8S2/c1-65-47-53-42-26-44(55-47)63-36-18-8-14-32(22-36)59-40-25-41(52-46(51-40)29-10-4-3-5-11-29)60-33-15-9-19-37(23-33)64-45-27-43(54-48(56-45)66-2)62-35-17-7-13-31(21-35)58-39-24-38(49-28-50-39)57-30-12-6-16-34(20-30)61-42/h3-28H,1-2H3. The van der Waals surface area contributed by atoms with Gasteiger partial charge in [0.05, 0.1) is 24.3 Å². The minimum absolute atomic E-state index is 0.221. The molecule has 0 fully saturated rings. The Morgan fingerprint density at radius 1 is 0.303 bits per heavy atom. The Hall–Kier alpha value is -8.48. The molecule has 0 radical (unpaired) electrons. The van der Waals surface area contributed by atoms with Crippen molar-refractivity contribution in [2.75, 3.05) is 12.5 Å². The summed E-state index contributed by atoms with van der Waals surface area (Å²) in [5.41, 5.74) is 0.755. The van der Waals surface area contributed by atoms with Crippen molar-refractivity contribution in [1.29, 1.82) is 0 Å². The maximum absolute atomic E-state index is 6.33. The van der Waals surface area contributed by atoms with Gasteiger partial charge in [-0.15, -0.1) is 0 Å². The SMILES string of the molecule is CSc1nc2cc(n1)Oc1cccc(c1)Oc1cc(nc(-c3ccccc3)n1)Oc1cccc(c1)Oc1cc(nc(SC)n1)Oc1cccc(c1)Oc1cc(ncn1)Oc1cccc(c1)O2. The van der Waals surface area contributed by atoms with Crippen molar-refractivity contribution in [3.05, 3.63) is 158 Å². The van der Waals surface area contributed by atoms with Crippen LogP contribution in [0.4, 0.5) is 0 Å². The third-order valence-electron chi connectivity index (χ3n) is 9.01. The van der Waals surface area contributed by atoms with Crippen LogP contribution in [0.3, 0.4) is 0 Å². The smallest absolute Gasteiger partial charge is 0.227 e. The van der Waals surface area contributed by atoms with Gasteiger partial charge in [0.25, 0.3) is 0 Å². The van der Waals surface area contributed by atoms with Gasteiger partial charge in [0.15, 0.2) is 16.1 Å². The van der Waals surface area contributed by atoms with Gasteiger partial charge in [-0.3, -0.25) is 0 Å². The lowest BCUT2D eigenvalue weighted by molar-refractivity contribution is 0.411. The first-order chi connectivity index (χ1) is 32.4. The van der Waals surface area contributed by atoms with Gasteiger partial charge in [0, 0.05) is 29.8 Å². The topological polar surface area (TPSA) is 177 Å². The molecule has 0 spiro atoms. The molecule has 16 nitrogen and oxygen atoms in total. The third kappa shape index (κ3) is 10.5. The zero-order valence-corrected chi connectivity index (χ0v) is 36.3. The normalized spacial score (nSPS) is 12.0. The second-order valence-electron chi connectivity index (χ2n) is 13.7. The predicted octanol–water partition coefficient (Wildman–Crippen LogP) is 12.6. The molecule has 5 aromatic carbocycles. The van der Waals surface area contributed by atoms with Gasteiger partial charge < -0.3 is 37.9 Å². The fraction of sp³-hybridized carbons (Fsp3) is 0.0417. The molecular formula is C48H32N8O8S2. The van der Waals surface area contributed by atoms with E-state index in [0.29, 0.717) is 62.1 Å². The van der Waals surface area contributed by atoms with E-state index >= 15 is 0 Å². The van der Waals surface area contributed by atoms with Crippen molar-refractivity contribution in [2.24, 2.45) is 0 Å². The molecule has 66 heavy (non-hydrogen) atoms. The molecule has 1 aliphatic heterocycles. The Morgan fingerprint density at radius 2 is 0.591 bits per heavy atom. The fourth-order valence-electron chi connectivity index (χ4n) is 6.19. The van der Waals surface area contributed by atoms with E-state index < -0.39 is 0 Å². The summed E-state index contributed by atoms with van der Waals surface area (Å²) in [7, 11) is 0. The van der Waals surface area contributed by atoms with E-state index in [1.54, 1.807) is 121 Å². The molecule has 16 bridgehead atoms. The Bertz CT molecular complexity index is 3010. The Kier molecular flexibility index (Phi) is 12.0. The van der Waals surface area contributed by atoms with E-state index in [4.69, 9.17) is 47.9 Å². The van der Waals surface area contributed by atoms with Crippen LogP contribution in [0.15, 0.2) is 168 Å². The molecule has 18 heteroatoms. The first-order valence-electron chi connectivity index (χ1n) is 19.9. The van der Waals surface area contributed by atoms with Crippen LogP contribution in [-0.2, 0) is 0 Å². The minimum Gasteiger partial charge on any atom is -0.439 e. The molecule has 1 aliphatic rings. The highest BCUT2D eigenvalue weighted by atomic mass is 32.2. The summed E-state index contributed by atoms with van der Waals surface area (Å²) in [6.45, 7) is 0. The lowest BCUT2D eigenvalue weighted by atomic mass is 10.2. The van der Waals surface area contributed by atoms with Crippen molar-refractivity contribution in [1.82, 2.24) is 39.9 Å². The van der Waals surface area contributed by atoms with Crippen LogP contribution in [0, 0.1) is 0 Å². The highest BCUT2D eigenvalue weighted by Gasteiger charge is 2.16. The van der Waals surface area contributed by atoms with Gasteiger partial charge in [-0.25, -0.2) is 9.97 Å². The lowest BCUT2D eigenvalue weighted by Gasteiger charge is -2.13. The number of rotatable bonds is 3. The number of hydrogen-bond donors (Lipinski definition) is 0. The van der Waals surface area contributed by atoms with Crippen LogP contribution in [0.2, 0.25) is 0 Å². The summed E-state index contributed by atoms with van der Waals surface area (Å²) in [6, 6.07) is 44.0. The molecular weight excluding hydrogens is 881 g/mol. The predicted molar refractivity (Wildman–Crippen MR) is 243 cm³/mol. The van der Waals surface area contributed by atoms with Crippen LogP contribution in [-0.4, -0.2) is 52.4 Å². The zero-order chi connectivity index (χ0) is 44.7. The molecule has 10 rings (SSSR count). The number of nitrogens with zero attached hydrogens (tertiary/aromatic N) is 8. The average molecular weight is 913 g/mol. The average Bonchev–Trinajstić information content (AvgIpc) is 3.32. The summed E-state index contributed by atoms with van der Waals surface area (Å²) in [5, 5.41) is 0.854. The molecule has 0 atom stereocenters. The van der Waals surface area contributed by atoms with Gasteiger partial charge >= 0.3 is 0 Å². The minimum atomic E-state index is 0.221. The number of ether oxygens (including phenoxy) is 8. The van der Waals surface area contributed by atoms with Crippen molar-refractivity contribution in [3.63, 3.8) is 0 Å². The van der Waals surface area contributed by atoms with Crippen LogP contribution >= 0.6 is 23.5 Å². The Balaban J connectivity index is 1.01. The molecule has 0 saturated heterocycles. The van der Waals surface area contributed by atoms with E-state index in [-0.39, 0.29) is 47.0 Å². The van der Waals surface area contributed by atoms with E-state index in [1.165, 1.54) is 29.9 Å². The third-order valence-corrected chi connectivity index (χ3v) is 10.1.